The summed E-state index contributed by atoms with van der Waals surface area (Å²) in [4.78, 5) is 30.6. The van der Waals surface area contributed by atoms with E-state index in [1.165, 1.54) is 35.2 Å². The second-order valence-electron chi connectivity index (χ2n) is 7.16. The maximum absolute atomic E-state index is 13.4. The number of anilines is 3. The number of benzene rings is 1. The van der Waals surface area contributed by atoms with Crippen molar-refractivity contribution in [1.82, 2.24) is 10.1 Å². The molecule has 1 saturated carbocycles. The molecule has 4 N–H and O–H groups in total. The van der Waals surface area contributed by atoms with Gasteiger partial charge in [0.1, 0.15) is 28.7 Å². The SMILES string of the molecule is CC(C(N)=O)N(c1ccc(F)cc1)c1nc(N)c(C(=O)c2cc(OC3CCC3)no2)s1. The number of nitrogen functional groups attached to an aromatic ring is 1. The average molecular weight is 445 g/mol. The van der Waals surface area contributed by atoms with Crippen LogP contribution in [0.2, 0.25) is 0 Å². The van der Waals surface area contributed by atoms with E-state index < -0.39 is 23.5 Å². The van der Waals surface area contributed by atoms with Crippen molar-refractivity contribution >= 4 is 39.7 Å². The Hall–Kier alpha value is -3.47. The van der Waals surface area contributed by atoms with E-state index in [0.717, 1.165) is 30.6 Å². The van der Waals surface area contributed by atoms with Gasteiger partial charge in [0.25, 0.3) is 5.88 Å². The Morgan fingerprint density at radius 2 is 2.03 bits per heavy atom. The Bertz CT molecular complexity index is 1110. The first-order chi connectivity index (χ1) is 14.8. The van der Waals surface area contributed by atoms with Gasteiger partial charge < -0.3 is 25.6 Å². The Kier molecular flexibility index (Phi) is 5.59. The van der Waals surface area contributed by atoms with Crippen molar-refractivity contribution < 1.29 is 23.2 Å². The smallest absolute Gasteiger partial charge is 0.255 e. The molecular weight excluding hydrogens is 425 g/mol. The third-order valence-electron chi connectivity index (χ3n) is 5.01. The molecule has 1 atom stereocenters. The highest BCUT2D eigenvalue weighted by Crippen LogP contribution is 2.36. The van der Waals surface area contributed by atoms with E-state index in [2.05, 4.69) is 10.1 Å². The van der Waals surface area contributed by atoms with Crippen LogP contribution in [-0.2, 0) is 4.79 Å². The highest BCUT2D eigenvalue weighted by Gasteiger charge is 2.29. The molecule has 1 aromatic carbocycles. The number of hydrogen-bond acceptors (Lipinski definition) is 9. The van der Waals surface area contributed by atoms with Crippen molar-refractivity contribution in [2.45, 2.75) is 38.3 Å². The molecule has 0 aliphatic heterocycles. The molecular formula is C20H20FN5O4S. The fraction of sp³-hybridized carbons (Fsp3) is 0.300. The number of ketones is 1. The van der Waals surface area contributed by atoms with Gasteiger partial charge in [0, 0.05) is 5.69 Å². The van der Waals surface area contributed by atoms with E-state index in [0.29, 0.717) is 5.69 Å². The molecule has 0 bridgehead atoms. The van der Waals surface area contributed by atoms with Gasteiger partial charge in [-0.1, -0.05) is 11.3 Å². The van der Waals surface area contributed by atoms with Gasteiger partial charge in [-0.05, 0) is 55.6 Å². The standard InChI is InChI=1S/C20H20FN5O4S/c1-10(19(23)28)26(12-7-5-11(21)6-8-12)20-24-18(22)17(31-20)16(27)14-9-15(25-30-14)29-13-3-2-4-13/h5-10,13H,2-4,22H2,1H3,(H2,23,28). The molecule has 1 aliphatic carbocycles. The van der Waals surface area contributed by atoms with E-state index in [1.54, 1.807) is 6.92 Å². The number of amides is 1. The molecule has 4 rings (SSSR count). The number of hydrogen-bond donors (Lipinski definition) is 2. The van der Waals surface area contributed by atoms with E-state index >= 15 is 0 Å². The van der Waals surface area contributed by atoms with Crippen LogP contribution in [0.25, 0.3) is 0 Å². The molecule has 1 unspecified atom stereocenters. The fourth-order valence-electron chi connectivity index (χ4n) is 3.01. The summed E-state index contributed by atoms with van der Waals surface area (Å²) in [5.41, 5.74) is 11.9. The molecule has 2 heterocycles. The number of nitrogens with zero attached hydrogens (tertiary/aromatic N) is 3. The highest BCUT2D eigenvalue weighted by molar-refractivity contribution is 7.18. The Balaban J connectivity index is 1.63. The van der Waals surface area contributed by atoms with Gasteiger partial charge in [0.05, 0.1) is 6.07 Å². The predicted octanol–water partition coefficient (Wildman–Crippen LogP) is 3.03. The van der Waals surface area contributed by atoms with E-state index in [-0.39, 0.29) is 33.6 Å². The third-order valence-corrected chi connectivity index (χ3v) is 6.08. The number of primary amides is 1. The summed E-state index contributed by atoms with van der Waals surface area (Å²) >= 11 is 0.964. The van der Waals surface area contributed by atoms with Gasteiger partial charge in [-0.15, -0.1) is 0 Å². The number of carbonyl (C=O) groups is 2. The number of ether oxygens (including phenoxy) is 1. The maximum atomic E-state index is 13.4. The Morgan fingerprint density at radius 1 is 1.32 bits per heavy atom. The van der Waals surface area contributed by atoms with Gasteiger partial charge >= 0.3 is 0 Å². The van der Waals surface area contributed by atoms with Gasteiger partial charge in [-0.3, -0.25) is 9.59 Å². The molecule has 31 heavy (non-hydrogen) atoms. The quantitative estimate of drug-likeness (QED) is 0.505. The van der Waals surface area contributed by atoms with E-state index in [1.807, 2.05) is 0 Å². The van der Waals surface area contributed by atoms with Gasteiger partial charge in [0.15, 0.2) is 5.13 Å². The minimum absolute atomic E-state index is 0.0347. The summed E-state index contributed by atoms with van der Waals surface area (Å²) < 4.78 is 24.1. The zero-order valence-corrected chi connectivity index (χ0v) is 17.4. The Labute approximate surface area is 180 Å². The number of aromatic nitrogens is 2. The van der Waals surface area contributed by atoms with Crippen LogP contribution in [0, 0.1) is 5.82 Å². The molecule has 0 saturated heterocycles. The topological polar surface area (TPSA) is 138 Å². The lowest BCUT2D eigenvalue weighted by molar-refractivity contribution is -0.118. The molecule has 3 aromatic rings. The summed E-state index contributed by atoms with van der Waals surface area (Å²) in [6.45, 7) is 1.57. The zero-order chi connectivity index (χ0) is 22.1. The maximum Gasteiger partial charge on any atom is 0.255 e. The second-order valence-corrected chi connectivity index (χ2v) is 8.14. The first-order valence-corrected chi connectivity index (χ1v) is 10.4. The van der Waals surface area contributed by atoms with Crippen molar-refractivity contribution in [2.24, 2.45) is 5.73 Å². The number of halogens is 1. The normalized spacial score (nSPS) is 14.6. The number of rotatable bonds is 8. The molecule has 2 aromatic heterocycles. The highest BCUT2D eigenvalue weighted by atomic mass is 32.1. The molecule has 11 heteroatoms. The minimum atomic E-state index is -0.827. The summed E-state index contributed by atoms with van der Waals surface area (Å²) in [5.74, 6) is -1.40. The Morgan fingerprint density at radius 3 is 2.65 bits per heavy atom. The summed E-state index contributed by atoms with van der Waals surface area (Å²) in [6.07, 6.45) is 3.08. The van der Waals surface area contributed by atoms with E-state index in [4.69, 9.17) is 20.7 Å². The van der Waals surface area contributed by atoms with Crippen LogP contribution < -0.4 is 21.1 Å². The first kappa shape index (κ1) is 20.8. The summed E-state index contributed by atoms with van der Waals surface area (Å²) in [5, 5.41) is 4.04. The van der Waals surface area contributed by atoms with Gasteiger partial charge in [-0.2, -0.15) is 0 Å². The molecule has 1 aliphatic rings. The largest absolute Gasteiger partial charge is 0.472 e. The van der Waals surface area contributed by atoms with Crippen LogP contribution in [0.5, 0.6) is 5.88 Å². The second kappa shape index (κ2) is 8.34. The average Bonchev–Trinajstić information content (AvgIpc) is 3.32. The van der Waals surface area contributed by atoms with Gasteiger partial charge in [-0.25, -0.2) is 9.37 Å². The van der Waals surface area contributed by atoms with Crippen molar-refractivity contribution in [3.63, 3.8) is 0 Å². The van der Waals surface area contributed by atoms with E-state index in [9.17, 15) is 14.0 Å². The van der Waals surface area contributed by atoms with Crippen LogP contribution in [0.3, 0.4) is 0 Å². The first-order valence-electron chi connectivity index (χ1n) is 9.62. The molecule has 1 amide bonds. The van der Waals surface area contributed by atoms with Crippen molar-refractivity contribution in [2.75, 3.05) is 10.6 Å². The van der Waals surface area contributed by atoms with Crippen LogP contribution >= 0.6 is 11.3 Å². The third kappa shape index (κ3) is 4.22. The molecule has 162 valence electrons. The van der Waals surface area contributed by atoms with Crippen LogP contribution in [0.15, 0.2) is 34.9 Å². The summed E-state index contributed by atoms with van der Waals surface area (Å²) in [7, 11) is 0. The number of thiazole rings is 1. The molecule has 9 nitrogen and oxygen atoms in total. The lowest BCUT2D eigenvalue weighted by atomic mass is 9.96. The number of nitrogens with two attached hydrogens (primary N) is 2. The molecule has 0 radical (unpaired) electrons. The summed E-state index contributed by atoms with van der Waals surface area (Å²) in [6, 6.07) is 6.05. The predicted molar refractivity (Wildman–Crippen MR) is 112 cm³/mol. The number of carbonyl (C=O) groups excluding carboxylic acids is 2. The fourth-order valence-corrected chi connectivity index (χ4v) is 4.04. The minimum Gasteiger partial charge on any atom is -0.472 e. The van der Waals surface area contributed by atoms with Crippen molar-refractivity contribution in [1.29, 1.82) is 0 Å². The van der Waals surface area contributed by atoms with Gasteiger partial charge in [0.2, 0.25) is 17.5 Å². The zero-order valence-electron chi connectivity index (χ0n) is 16.6. The van der Waals surface area contributed by atoms with Crippen LogP contribution in [-0.4, -0.2) is 34.0 Å². The lowest BCUT2D eigenvalue weighted by Gasteiger charge is -2.26. The van der Waals surface area contributed by atoms with Crippen molar-refractivity contribution in [3.8, 4) is 5.88 Å². The molecule has 0 spiro atoms. The molecule has 1 fully saturated rings. The monoisotopic (exact) mass is 445 g/mol. The van der Waals surface area contributed by atoms with Crippen LogP contribution in [0.1, 0.15) is 41.6 Å². The van der Waals surface area contributed by atoms with Crippen LogP contribution in [0.4, 0.5) is 21.0 Å². The lowest BCUT2D eigenvalue weighted by Crippen LogP contribution is -2.39. The van der Waals surface area contributed by atoms with Crippen molar-refractivity contribution in [3.05, 3.63) is 46.8 Å².